The van der Waals surface area contributed by atoms with E-state index in [2.05, 4.69) is 4.98 Å². The van der Waals surface area contributed by atoms with Crippen molar-refractivity contribution in [2.45, 2.75) is 19.3 Å². The fourth-order valence-corrected chi connectivity index (χ4v) is 3.34. The van der Waals surface area contributed by atoms with E-state index >= 15 is 0 Å². The molecule has 0 atom stereocenters. The van der Waals surface area contributed by atoms with Gasteiger partial charge in [0.05, 0.1) is 5.02 Å². The normalized spacial score (nSPS) is 14.4. The Hall–Kier alpha value is -2.02. The van der Waals surface area contributed by atoms with Gasteiger partial charge in [-0.25, -0.2) is 5.48 Å². The van der Waals surface area contributed by atoms with Crippen LogP contribution in [0.4, 0.5) is 0 Å². The largest absolute Gasteiger partial charge is 0.340 e. The third-order valence-corrected chi connectivity index (χ3v) is 5.03. The Morgan fingerprint density at radius 2 is 1.92 bits per heavy atom. The van der Waals surface area contributed by atoms with Crippen LogP contribution in [0.1, 0.15) is 38.4 Å². The first kappa shape index (κ1) is 17.8. The first-order valence-corrected chi connectivity index (χ1v) is 8.64. The van der Waals surface area contributed by atoms with Crippen molar-refractivity contribution in [3.8, 4) is 0 Å². The number of fused-ring (bicyclic) bond motifs is 1. The highest BCUT2D eigenvalue weighted by atomic mass is 35.5. The maximum Gasteiger partial charge on any atom is 0.274 e. The van der Waals surface area contributed by atoms with Crippen LogP contribution in [0.25, 0.3) is 0 Å². The van der Waals surface area contributed by atoms with Crippen molar-refractivity contribution >= 4 is 35.0 Å². The number of amides is 2. The van der Waals surface area contributed by atoms with Crippen LogP contribution in [0.5, 0.6) is 0 Å². The van der Waals surface area contributed by atoms with Gasteiger partial charge in [0.1, 0.15) is 10.8 Å². The molecule has 0 fully saturated rings. The number of hydrogen-bond acceptors (Lipinski definition) is 3. The van der Waals surface area contributed by atoms with Gasteiger partial charge < -0.3 is 9.88 Å². The number of halogens is 2. The highest BCUT2D eigenvalue weighted by Gasteiger charge is 2.21. The molecule has 1 aliphatic heterocycles. The third kappa shape index (κ3) is 3.81. The van der Waals surface area contributed by atoms with Gasteiger partial charge in [-0.1, -0.05) is 29.3 Å². The lowest BCUT2D eigenvalue weighted by molar-refractivity contribution is 0.0704. The van der Waals surface area contributed by atoms with E-state index in [4.69, 9.17) is 28.4 Å². The summed E-state index contributed by atoms with van der Waals surface area (Å²) in [4.78, 5) is 28.8. The highest BCUT2D eigenvalue weighted by molar-refractivity contribution is 6.41. The molecular formula is C17H17Cl2N3O3. The number of benzene rings is 1. The number of hydrogen-bond donors (Lipinski definition) is 3. The van der Waals surface area contributed by atoms with E-state index in [1.165, 1.54) is 6.07 Å². The van der Waals surface area contributed by atoms with Crippen LogP contribution in [0, 0.1) is 0 Å². The van der Waals surface area contributed by atoms with E-state index in [0.717, 1.165) is 24.0 Å². The van der Waals surface area contributed by atoms with Crippen molar-refractivity contribution in [1.82, 2.24) is 15.4 Å². The second-order valence-electron chi connectivity index (χ2n) is 5.92. The zero-order valence-corrected chi connectivity index (χ0v) is 14.8. The van der Waals surface area contributed by atoms with E-state index in [9.17, 15) is 9.59 Å². The molecule has 3 N–H and O–H groups in total. The summed E-state index contributed by atoms with van der Waals surface area (Å²) in [5.74, 6) is -0.699. The summed E-state index contributed by atoms with van der Waals surface area (Å²) in [6, 6.07) is 6.89. The number of nitrogens with one attached hydrogen (secondary N) is 2. The van der Waals surface area contributed by atoms with Crippen molar-refractivity contribution in [2.75, 3.05) is 13.1 Å². The fraction of sp³-hybridized carbons (Fsp3) is 0.294. The Morgan fingerprint density at radius 1 is 1.12 bits per heavy atom. The van der Waals surface area contributed by atoms with Gasteiger partial charge >= 0.3 is 0 Å². The number of H-pyrrole nitrogens is 1. The summed E-state index contributed by atoms with van der Waals surface area (Å²) in [6.07, 6.45) is 2.24. The molecule has 0 unspecified atom stereocenters. The molecule has 3 rings (SSSR count). The van der Waals surface area contributed by atoms with E-state index in [-0.39, 0.29) is 11.1 Å². The van der Waals surface area contributed by atoms with Gasteiger partial charge in [-0.15, -0.1) is 0 Å². The molecule has 6 nitrogen and oxygen atoms in total. The standard InChI is InChI=1S/C17H17Cl2N3O3/c18-13-9-14(20-15(13)19)17(24)22-6-1-2-10-3-4-12(16(23)21-25)8-11(10)5-7-22/h3-4,8-9,20,25H,1-2,5-7H2,(H,21,23). The van der Waals surface area contributed by atoms with Gasteiger partial charge in [0.25, 0.3) is 11.8 Å². The number of nitrogens with zero attached hydrogens (tertiary/aromatic N) is 1. The van der Waals surface area contributed by atoms with Crippen LogP contribution in [0.15, 0.2) is 24.3 Å². The van der Waals surface area contributed by atoms with E-state index in [0.29, 0.717) is 35.8 Å². The third-order valence-electron chi connectivity index (χ3n) is 4.34. The Balaban J connectivity index is 1.78. The Kier molecular flexibility index (Phi) is 5.32. The second kappa shape index (κ2) is 7.47. The lowest BCUT2D eigenvalue weighted by Gasteiger charge is -2.26. The molecule has 0 aliphatic carbocycles. The number of hydroxylamine groups is 1. The van der Waals surface area contributed by atoms with Gasteiger partial charge in [-0.2, -0.15) is 0 Å². The van der Waals surface area contributed by atoms with Crippen LogP contribution in [-0.2, 0) is 12.8 Å². The zero-order valence-electron chi connectivity index (χ0n) is 13.3. The topological polar surface area (TPSA) is 85.4 Å². The van der Waals surface area contributed by atoms with Crippen LogP contribution < -0.4 is 5.48 Å². The van der Waals surface area contributed by atoms with Crippen molar-refractivity contribution in [2.24, 2.45) is 0 Å². The molecule has 2 amide bonds. The fourth-order valence-electron chi connectivity index (χ4n) is 3.03. The molecule has 25 heavy (non-hydrogen) atoms. The van der Waals surface area contributed by atoms with Crippen LogP contribution >= 0.6 is 23.2 Å². The molecule has 1 aromatic carbocycles. The first-order chi connectivity index (χ1) is 12.0. The van der Waals surface area contributed by atoms with Crippen molar-refractivity contribution in [1.29, 1.82) is 0 Å². The van der Waals surface area contributed by atoms with Gasteiger partial charge in [-0.3, -0.25) is 14.8 Å². The minimum atomic E-state index is -0.548. The number of rotatable bonds is 2. The summed E-state index contributed by atoms with van der Waals surface area (Å²) in [6.45, 7) is 1.15. The van der Waals surface area contributed by atoms with Crippen LogP contribution in [-0.4, -0.2) is 40.0 Å². The number of carbonyl (C=O) groups excluding carboxylic acids is 2. The quantitative estimate of drug-likeness (QED) is 0.551. The van der Waals surface area contributed by atoms with E-state index in [1.54, 1.807) is 22.5 Å². The predicted molar refractivity (Wildman–Crippen MR) is 94.4 cm³/mol. The lowest BCUT2D eigenvalue weighted by atomic mass is 9.95. The van der Waals surface area contributed by atoms with Crippen molar-refractivity contribution in [3.63, 3.8) is 0 Å². The SMILES string of the molecule is O=C(NO)c1ccc2c(c1)CCN(C(=O)c1cc(Cl)c(Cl)[nH]1)CCC2. The lowest BCUT2D eigenvalue weighted by Crippen LogP contribution is -2.35. The van der Waals surface area contributed by atoms with Gasteiger partial charge in [0, 0.05) is 18.7 Å². The molecule has 2 heterocycles. The number of aryl methyl sites for hydroxylation is 1. The molecule has 0 bridgehead atoms. The van der Waals surface area contributed by atoms with Gasteiger partial charge in [-0.05, 0) is 48.6 Å². The molecule has 2 aromatic rings. The smallest absolute Gasteiger partial charge is 0.274 e. The Bertz CT molecular complexity index is 800. The van der Waals surface area contributed by atoms with Crippen molar-refractivity contribution < 1.29 is 14.8 Å². The maximum atomic E-state index is 12.6. The Labute approximate surface area is 154 Å². The first-order valence-electron chi connectivity index (χ1n) is 7.89. The van der Waals surface area contributed by atoms with Crippen LogP contribution in [0.2, 0.25) is 10.2 Å². The average Bonchev–Trinajstić information content (AvgIpc) is 2.93. The summed E-state index contributed by atoms with van der Waals surface area (Å²) in [5, 5.41) is 9.35. The van der Waals surface area contributed by atoms with E-state index in [1.807, 2.05) is 6.07 Å². The minimum absolute atomic E-state index is 0.151. The molecule has 0 saturated heterocycles. The average molecular weight is 382 g/mol. The molecule has 1 aliphatic rings. The number of aromatic nitrogens is 1. The highest BCUT2D eigenvalue weighted by Crippen LogP contribution is 2.24. The predicted octanol–water partition coefficient (Wildman–Crippen LogP) is 3.07. The van der Waals surface area contributed by atoms with Gasteiger partial charge in [0.2, 0.25) is 0 Å². The van der Waals surface area contributed by atoms with Crippen LogP contribution in [0.3, 0.4) is 0 Å². The summed E-state index contributed by atoms with van der Waals surface area (Å²) < 4.78 is 0. The maximum absolute atomic E-state index is 12.6. The molecule has 0 radical (unpaired) electrons. The number of aromatic amines is 1. The number of carbonyl (C=O) groups is 2. The molecule has 1 aromatic heterocycles. The van der Waals surface area contributed by atoms with Gasteiger partial charge in [0.15, 0.2) is 0 Å². The minimum Gasteiger partial charge on any atom is -0.340 e. The monoisotopic (exact) mass is 381 g/mol. The molecule has 0 spiro atoms. The summed E-state index contributed by atoms with van der Waals surface area (Å²) >= 11 is 11.8. The molecule has 132 valence electrons. The van der Waals surface area contributed by atoms with E-state index < -0.39 is 5.91 Å². The summed E-state index contributed by atoms with van der Waals surface area (Å²) in [7, 11) is 0. The molecule has 8 heteroatoms. The molecular weight excluding hydrogens is 365 g/mol. The zero-order chi connectivity index (χ0) is 18.0. The second-order valence-corrected chi connectivity index (χ2v) is 6.70. The Morgan fingerprint density at radius 3 is 2.60 bits per heavy atom. The summed E-state index contributed by atoms with van der Waals surface area (Å²) in [5.41, 5.74) is 4.56. The van der Waals surface area contributed by atoms with Crippen molar-refractivity contribution in [3.05, 3.63) is 56.8 Å². The molecule has 0 saturated carbocycles.